The number of aromatic nitrogens is 2. The number of halogens is 1. The van der Waals surface area contributed by atoms with Crippen LogP contribution in [-0.2, 0) is 19.5 Å². The van der Waals surface area contributed by atoms with E-state index in [9.17, 15) is 0 Å². The molecule has 0 unspecified atom stereocenters. The van der Waals surface area contributed by atoms with Crippen LogP contribution < -0.4 is 0 Å². The molecule has 1 aliphatic heterocycles. The second-order valence-corrected chi connectivity index (χ2v) is 7.27. The summed E-state index contributed by atoms with van der Waals surface area (Å²) in [4.78, 5) is 2.25. The van der Waals surface area contributed by atoms with Gasteiger partial charge in [-0.3, -0.25) is 4.90 Å². The summed E-state index contributed by atoms with van der Waals surface area (Å²) >= 11 is 3.27. The fourth-order valence-electron chi connectivity index (χ4n) is 3.29. The molecule has 136 valence electrons. The standard InChI is InChI=1S/C20H16BrN3O3/c21-18-7-6-15(26-18)20-23-22-19(27-20)12-24-9-8-14-10-16(25-17(14)11-24)13-4-2-1-3-5-13/h1-7,10H,8-9,11-12H2. The Kier molecular flexibility index (Phi) is 4.18. The number of hydrogen-bond donors (Lipinski definition) is 0. The van der Waals surface area contributed by atoms with Crippen LogP contribution in [0.1, 0.15) is 17.2 Å². The first kappa shape index (κ1) is 16.5. The van der Waals surface area contributed by atoms with Crippen molar-refractivity contribution in [3.63, 3.8) is 0 Å². The maximum atomic E-state index is 6.11. The average molecular weight is 426 g/mol. The number of rotatable bonds is 4. The molecule has 3 aromatic heterocycles. The van der Waals surface area contributed by atoms with Crippen molar-refractivity contribution < 1.29 is 13.3 Å². The van der Waals surface area contributed by atoms with Gasteiger partial charge in [0.15, 0.2) is 10.4 Å². The van der Waals surface area contributed by atoms with Crippen LogP contribution in [-0.4, -0.2) is 21.6 Å². The zero-order chi connectivity index (χ0) is 18.2. The predicted octanol–water partition coefficient (Wildman–Crippen LogP) is 4.91. The van der Waals surface area contributed by atoms with Gasteiger partial charge in [-0.15, -0.1) is 10.2 Å². The highest BCUT2D eigenvalue weighted by Gasteiger charge is 2.23. The number of fused-ring (bicyclic) bond motifs is 1. The van der Waals surface area contributed by atoms with Gasteiger partial charge < -0.3 is 13.3 Å². The van der Waals surface area contributed by atoms with Gasteiger partial charge in [0.1, 0.15) is 11.5 Å². The molecule has 0 radical (unpaired) electrons. The van der Waals surface area contributed by atoms with Crippen LogP contribution in [0, 0.1) is 0 Å². The Bertz CT molecular complexity index is 1070. The van der Waals surface area contributed by atoms with E-state index in [0.717, 1.165) is 36.6 Å². The summed E-state index contributed by atoms with van der Waals surface area (Å²) in [5.74, 6) is 3.44. The molecule has 5 rings (SSSR count). The lowest BCUT2D eigenvalue weighted by Gasteiger charge is -2.23. The minimum atomic E-state index is 0.387. The summed E-state index contributed by atoms with van der Waals surface area (Å²) in [5.41, 5.74) is 2.38. The lowest BCUT2D eigenvalue weighted by atomic mass is 10.1. The molecule has 0 atom stereocenters. The smallest absolute Gasteiger partial charge is 0.283 e. The van der Waals surface area contributed by atoms with Crippen LogP contribution in [0.2, 0.25) is 0 Å². The molecule has 27 heavy (non-hydrogen) atoms. The minimum absolute atomic E-state index is 0.387. The van der Waals surface area contributed by atoms with E-state index in [4.69, 9.17) is 13.3 Å². The maximum Gasteiger partial charge on any atom is 0.283 e. The normalized spacial score (nSPS) is 14.4. The molecule has 0 aliphatic carbocycles. The minimum Gasteiger partial charge on any atom is -0.459 e. The quantitative estimate of drug-likeness (QED) is 0.462. The molecule has 6 nitrogen and oxygen atoms in total. The molecule has 1 aliphatic rings. The van der Waals surface area contributed by atoms with E-state index in [-0.39, 0.29) is 0 Å². The van der Waals surface area contributed by atoms with E-state index in [1.807, 2.05) is 18.2 Å². The molecule has 0 fully saturated rings. The molecule has 0 saturated carbocycles. The zero-order valence-electron chi connectivity index (χ0n) is 14.4. The molecule has 4 aromatic rings. The lowest BCUT2D eigenvalue weighted by molar-refractivity contribution is 0.202. The van der Waals surface area contributed by atoms with Crippen molar-refractivity contribution in [2.75, 3.05) is 6.54 Å². The summed E-state index contributed by atoms with van der Waals surface area (Å²) in [6.07, 6.45) is 0.942. The zero-order valence-corrected chi connectivity index (χ0v) is 16.0. The van der Waals surface area contributed by atoms with Gasteiger partial charge in [-0.05, 0) is 46.1 Å². The Morgan fingerprint density at radius 3 is 2.67 bits per heavy atom. The van der Waals surface area contributed by atoms with E-state index in [1.54, 1.807) is 12.1 Å². The summed E-state index contributed by atoms with van der Waals surface area (Å²) in [7, 11) is 0. The van der Waals surface area contributed by atoms with Crippen molar-refractivity contribution in [2.45, 2.75) is 19.5 Å². The van der Waals surface area contributed by atoms with Crippen molar-refractivity contribution in [3.8, 4) is 23.0 Å². The molecule has 0 N–H and O–H groups in total. The van der Waals surface area contributed by atoms with Gasteiger partial charge in [0.05, 0.1) is 13.1 Å². The fraction of sp³-hybridized carbons (Fsp3) is 0.200. The van der Waals surface area contributed by atoms with E-state index in [1.165, 1.54) is 5.56 Å². The van der Waals surface area contributed by atoms with E-state index >= 15 is 0 Å². The molecule has 4 heterocycles. The van der Waals surface area contributed by atoms with Gasteiger partial charge in [0, 0.05) is 12.1 Å². The number of hydrogen-bond acceptors (Lipinski definition) is 6. The topological polar surface area (TPSA) is 68.4 Å². The SMILES string of the molecule is Brc1ccc(-c2nnc(CN3CCc4cc(-c5ccccc5)oc4C3)o2)o1. The van der Waals surface area contributed by atoms with Gasteiger partial charge in [-0.25, -0.2) is 0 Å². The van der Waals surface area contributed by atoms with Gasteiger partial charge in [-0.1, -0.05) is 30.3 Å². The molecule has 0 spiro atoms. The number of nitrogens with zero attached hydrogens (tertiary/aromatic N) is 3. The highest BCUT2D eigenvalue weighted by molar-refractivity contribution is 9.10. The first-order chi connectivity index (χ1) is 13.2. The second-order valence-electron chi connectivity index (χ2n) is 6.49. The largest absolute Gasteiger partial charge is 0.459 e. The predicted molar refractivity (Wildman–Crippen MR) is 102 cm³/mol. The Balaban J connectivity index is 1.30. The number of benzene rings is 1. The van der Waals surface area contributed by atoms with Crippen LogP contribution in [0.25, 0.3) is 23.0 Å². The van der Waals surface area contributed by atoms with E-state index in [0.29, 0.717) is 28.8 Å². The third-order valence-corrected chi connectivity index (χ3v) is 5.06. The molecule has 0 bridgehead atoms. The van der Waals surface area contributed by atoms with Gasteiger partial charge >= 0.3 is 0 Å². The summed E-state index contributed by atoms with van der Waals surface area (Å²) in [6, 6.07) is 15.9. The molecular weight excluding hydrogens is 410 g/mol. The van der Waals surface area contributed by atoms with Crippen molar-refractivity contribution in [3.05, 3.63) is 70.4 Å². The fourth-order valence-corrected chi connectivity index (χ4v) is 3.60. The van der Waals surface area contributed by atoms with Crippen LogP contribution in [0.5, 0.6) is 0 Å². The van der Waals surface area contributed by atoms with Crippen LogP contribution in [0.4, 0.5) is 0 Å². The van der Waals surface area contributed by atoms with Crippen LogP contribution >= 0.6 is 15.9 Å². The van der Waals surface area contributed by atoms with Gasteiger partial charge in [0.25, 0.3) is 5.89 Å². The molecule has 0 amide bonds. The Labute approximate surface area is 163 Å². The van der Waals surface area contributed by atoms with Gasteiger partial charge in [0.2, 0.25) is 5.89 Å². The lowest BCUT2D eigenvalue weighted by Crippen LogP contribution is -2.29. The Morgan fingerprint density at radius 1 is 0.963 bits per heavy atom. The molecule has 1 aromatic carbocycles. The molecule has 0 saturated heterocycles. The highest BCUT2D eigenvalue weighted by Crippen LogP contribution is 2.30. The van der Waals surface area contributed by atoms with Crippen LogP contribution in [0.3, 0.4) is 0 Å². The number of furan rings is 2. The summed E-state index contributed by atoms with van der Waals surface area (Å²) in [6.45, 7) is 2.23. The second kappa shape index (κ2) is 6.83. The highest BCUT2D eigenvalue weighted by atomic mass is 79.9. The third-order valence-electron chi connectivity index (χ3n) is 4.63. The third kappa shape index (κ3) is 3.36. The summed E-state index contributed by atoms with van der Waals surface area (Å²) < 4.78 is 17.9. The van der Waals surface area contributed by atoms with Gasteiger partial charge in [-0.2, -0.15) is 0 Å². The monoisotopic (exact) mass is 425 g/mol. The van der Waals surface area contributed by atoms with Crippen molar-refractivity contribution in [2.24, 2.45) is 0 Å². The Hall–Kier alpha value is -2.64. The van der Waals surface area contributed by atoms with E-state index < -0.39 is 0 Å². The first-order valence-electron chi connectivity index (χ1n) is 8.72. The molecule has 7 heteroatoms. The van der Waals surface area contributed by atoms with Crippen molar-refractivity contribution in [1.82, 2.24) is 15.1 Å². The summed E-state index contributed by atoms with van der Waals surface area (Å²) in [5, 5.41) is 8.21. The first-order valence-corrected chi connectivity index (χ1v) is 9.51. The van der Waals surface area contributed by atoms with Crippen molar-refractivity contribution in [1.29, 1.82) is 0 Å². The molecular formula is C20H16BrN3O3. The average Bonchev–Trinajstić information content (AvgIpc) is 3.41. The van der Waals surface area contributed by atoms with Crippen LogP contribution in [0.15, 0.2) is 66.5 Å². The van der Waals surface area contributed by atoms with Crippen molar-refractivity contribution >= 4 is 15.9 Å². The maximum absolute atomic E-state index is 6.11. The Morgan fingerprint density at radius 2 is 1.85 bits per heavy atom. The van der Waals surface area contributed by atoms with E-state index in [2.05, 4.69) is 49.2 Å².